The van der Waals surface area contributed by atoms with Crippen molar-refractivity contribution >= 4 is 21.2 Å². The summed E-state index contributed by atoms with van der Waals surface area (Å²) < 4.78 is 53.0. The second kappa shape index (κ2) is 7.82. The van der Waals surface area contributed by atoms with Gasteiger partial charge >= 0.3 is 0 Å². The lowest BCUT2D eigenvalue weighted by molar-refractivity contribution is 0.313. The van der Waals surface area contributed by atoms with Crippen LogP contribution in [0.25, 0.3) is 0 Å². The summed E-state index contributed by atoms with van der Waals surface area (Å²) in [5.74, 6) is -1.85. The molecular weight excluding hydrogens is 372 g/mol. The molecule has 146 valence electrons. The Morgan fingerprint density at radius 3 is 2.22 bits per heavy atom. The summed E-state index contributed by atoms with van der Waals surface area (Å²) in [4.78, 5) is 4.04. The van der Waals surface area contributed by atoms with Crippen LogP contribution in [0.4, 0.5) is 20.2 Å². The zero-order valence-corrected chi connectivity index (χ0v) is 16.2. The zero-order valence-electron chi connectivity index (χ0n) is 15.4. The van der Waals surface area contributed by atoms with Crippen LogP contribution in [0, 0.1) is 11.6 Å². The molecule has 0 aromatic heterocycles. The van der Waals surface area contributed by atoms with Gasteiger partial charge in [0.15, 0.2) is 0 Å². The van der Waals surface area contributed by atoms with E-state index in [0.717, 1.165) is 44.0 Å². The van der Waals surface area contributed by atoms with Gasteiger partial charge in [0.1, 0.15) is 11.6 Å². The summed E-state index contributed by atoms with van der Waals surface area (Å²) >= 11 is 0. The molecule has 3 rings (SSSR count). The van der Waals surface area contributed by atoms with E-state index in [0.29, 0.717) is 18.3 Å². The van der Waals surface area contributed by atoms with Gasteiger partial charge in [-0.1, -0.05) is 0 Å². The minimum absolute atomic E-state index is 0.00669. The number of nitrogens with one attached hydrogen (secondary N) is 1. The van der Waals surface area contributed by atoms with Gasteiger partial charge in [0, 0.05) is 44.5 Å². The van der Waals surface area contributed by atoms with E-state index in [1.54, 1.807) is 12.1 Å². The quantitative estimate of drug-likeness (QED) is 0.844. The lowest BCUT2D eigenvalue weighted by Gasteiger charge is -2.34. The SMILES string of the molecule is CCNc1cc(N2CCN(C)CC2)ccc1S(=O)(=O)c1cc(F)cc(F)c1. The number of likely N-dealkylation sites (N-methyl/N-ethyl adjacent to an activating group) is 1. The fourth-order valence-corrected chi connectivity index (χ4v) is 4.61. The van der Waals surface area contributed by atoms with Crippen LogP contribution in [-0.4, -0.2) is 53.1 Å². The van der Waals surface area contributed by atoms with E-state index in [9.17, 15) is 17.2 Å². The Balaban J connectivity index is 2.01. The van der Waals surface area contributed by atoms with Crippen molar-refractivity contribution in [2.45, 2.75) is 16.7 Å². The molecule has 1 fully saturated rings. The minimum Gasteiger partial charge on any atom is -0.384 e. The van der Waals surface area contributed by atoms with Crippen molar-refractivity contribution < 1.29 is 17.2 Å². The van der Waals surface area contributed by atoms with Crippen LogP contribution >= 0.6 is 0 Å². The molecule has 0 unspecified atom stereocenters. The average Bonchev–Trinajstić information content (AvgIpc) is 2.61. The number of hydrogen-bond donors (Lipinski definition) is 1. The summed E-state index contributed by atoms with van der Waals surface area (Å²) in [5, 5.41) is 3.07. The number of halogens is 2. The number of sulfone groups is 1. The van der Waals surface area contributed by atoms with E-state index in [1.165, 1.54) is 6.07 Å². The molecule has 0 saturated carbocycles. The fraction of sp³-hybridized carbons (Fsp3) is 0.368. The van der Waals surface area contributed by atoms with E-state index in [2.05, 4.69) is 22.2 Å². The predicted molar refractivity (Wildman–Crippen MR) is 102 cm³/mol. The van der Waals surface area contributed by atoms with E-state index >= 15 is 0 Å². The van der Waals surface area contributed by atoms with Gasteiger partial charge in [-0.15, -0.1) is 0 Å². The topological polar surface area (TPSA) is 52.6 Å². The Labute approximate surface area is 158 Å². The molecule has 0 atom stereocenters. The van der Waals surface area contributed by atoms with E-state index in [1.807, 2.05) is 6.92 Å². The van der Waals surface area contributed by atoms with Gasteiger partial charge in [-0.05, 0) is 44.3 Å². The number of benzene rings is 2. The van der Waals surface area contributed by atoms with Crippen molar-refractivity contribution in [2.75, 3.05) is 50.0 Å². The van der Waals surface area contributed by atoms with Gasteiger partial charge in [-0.3, -0.25) is 0 Å². The third-order valence-electron chi connectivity index (χ3n) is 4.63. The van der Waals surface area contributed by atoms with E-state index < -0.39 is 26.4 Å². The van der Waals surface area contributed by atoms with Crippen molar-refractivity contribution in [3.8, 4) is 0 Å². The van der Waals surface area contributed by atoms with Crippen LogP contribution in [0.15, 0.2) is 46.2 Å². The molecule has 1 aliphatic heterocycles. The van der Waals surface area contributed by atoms with Gasteiger partial charge in [0.2, 0.25) is 9.84 Å². The van der Waals surface area contributed by atoms with Gasteiger partial charge in [0.05, 0.1) is 15.5 Å². The lowest BCUT2D eigenvalue weighted by Crippen LogP contribution is -2.44. The Hall–Kier alpha value is -2.19. The van der Waals surface area contributed by atoms with Crippen LogP contribution in [0.2, 0.25) is 0 Å². The van der Waals surface area contributed by atoms with Gasteiger partial charge in [-0.25, -0.2) is 17.2 Å². The van der Waals surface area contributed by atoms with Gasteiger partial charge < -0.3 is 15.1 Å². The average molecular weight is 395 g/mol. The molecule has 1 N–H and O–H groups in total. The third kappa shape index (κ3) is 4.22. The van der Waals surface area contributed by atoms with Crippen LogP contribution < -0.4 is 10.2 Å². The fourth-order valence-electron chi connectivity index (χ4n) is 3.15. The van der Waals surface area contributed by atoms with Crippen molar-refractivity contribution in [3.05, 3.63) is 48.0 Å². The van der Waals surface area contributed by atoms with E-state index in [4.69, 9.17) is 0 Å². The second-order valence-electron chi connectivity index (χ2n) is 6.61. The smallest absolute Gasteiger partial charge is 0.208 e. The maximum atomic E-state index is 13.5. The zero-order chi connectivity index (χ0) is 19.6. The summed E-state index contributed by atoms with van der Waals surface area (Å²) in [7, 11) is -2.00. The Morgan fingerprint density at radius 2 is 1.63 bits per heavy atom. The van der Waals surface area contributed by atoms with Crippen molar-refractivity contribution in [3.63, 3.8) is 0 Å². The van der Waals surface area contributed by atoms with E-state index in [-0.39, 0.29) is 4.90 Å². The van der Waals surface area contributed by atoms with Crippen LogP contribution in [-0.2, 0) is 9.84 Å². The van der Waals surface area contributed by atoms with Crippen LogP contribution in [0.1, 0.15) is 6.92 Å². The first-order chi connectivity index (χ1) is 12.8. The predicted octanol–water partition coefficient (Wildman–Crippen LogP) is 2.98. The number of anilines is 2. The highest BCUT2D eigenvalue weighted by atomic mass is 32.2. The molecule has 1 heterocycles. The van der Waals surface area contributed by atoms with Crippen molar-refractivity contribution in [1.82, 2.24) is 4.90 Å². The normalized spacial score (nSPS) is 15.8. The highest BCUT2D eigenvalue weighted by Gasteiger charge is 2.24. The standard InChI is InChI=1S/C19H23F2N3O2S/c1-3-22-18-13-16(24-8-6-23(2)7-9-24)4-5-19(18)27(25,26)17-11-14(20)10-15(21)12-17/h4-5,10-13,22H,3,6-9H2,1-2H3. The molecule has 2 aromatic rings. The highest BCUT2D eigenvalue weighted by molar-refractivity contribution is 7.91. The Bertz CT molecular complexity index is 906. The maximum absolute atomic E-state index is 13.5. The molecule has 8 heteroatoms. The summed E-state index contributed by atoms with van der Waals surface area (Å²) in [6, 6.07) is 7.36. The summed E-state index contributed by atoms with van der Waals surface area (Å²) in [5.41, 5.74) is 1.35. The molecule has 2 aromatic carbocycles. The molecule has 0 aliphatic carbocycles. The van der Waals surface area contributed by atoms with Gasteiger partial charge in [-0.2, -0.15) is 0 Å². The van der Waals surface area contributed by atoms with Crippen LogP contribution in [0.5, 0.6) is 0 Å². The molecule has 27 heavy (non-hydrogen) atoms. The third-order valence-corrected chi connectivity index (χ3v) is 6.43. The number of rotatable bonds is 5. The number of hydrogen-bond acceptors (Lipinski definition) is 5. The lowest BCUT2D eigenvalue weighted by atomic mass is 10.2. The highest BCUT2D eigenvalue weighted by Crippen LogP contribution is 2.32. The summed E-state index contributed by atoms with van der Waals surface area (Å²) in [6.45, 7) is 5.94. The minimum atomic E-state index is -4.06. The first-order valence-electron chi connectivity index (χ1n) is 8.84. The molecular formula is C19H23F2N3O2S. The first-order valence-corrected chi connectivity index (χ1v) is 10.3. The molecule has 0 amide bonds. The molecule has 0 radical (unpaired) electrons. The maximum Gasteiger partial charge on any atom is 0.208 e. The number of piperazine rings is 1. The van der Waals surface area contributed by atoms with Gasteiger partial charge in [0.25, 0.3) is 0 Å². The van der Waals surface area contributed by atoms with Crippen molar-refractivity contribution in [1.29, 1.82) is 0 Å². The second-order valence-corrected chi connectivity index (χ2v) is 8.53. The Morgan fingerprint density at radius 1 is 1.00 bits per heavy atom. The van der Waals surface area contributed by atoms with Crippen molar-refractivity contribution in [2.24, 2.45) is 0 Å². The first kappa shape index (κ1) is 19.6. The largest absolute Gasteiger partial charge is 0.384 e. The number of nitrogens with zero attached hydrogens (tertiary/aromatic N) is 2. The summed E-state index contributed by atoms with van der Waals surface area (Å²) in [6.07, 6.45) is 0. The molecule has 1 aliphatic rings. The van der Waals surface area contributed by atoms with Crippen LogP contribution in [0.3, 0.4) is 0 Å². The molecule has 1 saturated heterocycles. The molecule has 0 bridgehead atoms. The molecule has 5 nitrogen and oxygen atoms in total. The molecule has 0 spiro atoms. The monoisotopic (exact) mass is 395 g/mol. The Kier molecular flexibility index (Phi) is 5.67.